The van der Waals surface area contributed by atoms with E-state index in [-0.39, 0.29) is 0 Å². The smallest absolute Gasteiger partial charge is 0.154 e. The summed E-state index contributed by atoms with van der Waals surface area (Å²) in [4.78, 5) is 2.55. The third-order valence-electron chi connectivity index (χ3n) is 4.35. The topological polar surface area (TPSA) is 67.2 Å². The van der Waals surface area contributed by atoms with Crippen molar-refractivity contribution < 1.29 is 4.74 Å². The molecule has 0 amide bonds. The quantitative estimate of drug-likeness (QED) is 0.738. The number of aromatic nitrogens is 2. The summed E-state index contributed by atoms with van der Waals surface area (Å²) in [5.74, 6) is 2.11. The summed E-state index contributed by atoms with van der Waals surface area (Å²) in [7, 11) is 0. The van der Waals surface area contributed by atoms with Gasteiger partial charge >= 0.3 is 0 Å². The fourth-order valence-corrected chi connectivity index (χ4v) is 3.97. The molecule has 0 bridgehead atoms. The molecule has 0 radical (unpaired) electrons. The molecule has 0 aliphatic carbocycles. The Morgan fingerprint density at radius 3 is 2.91 bits per heavy atom. The second kappa shape index (κ2) is 7.04. The Labute approximate surface area is 144 Å². The van der Waals surface area contributed by atoms with Crippen molar-refractivity contribution in [3.63, 3.8) is 0 Å². The Morgan fingerprint density at radius 1 is 1.41 bits per heavy atom. The predicted molar refractivity (Wildman–Crippen MR) is 98.2 cm³/mol. The van der Waals surface area contributed by atoms with E-state index in [0.717, 1.165) is 26.8 Å². The second-order valence-electron chi connectivity index (χ2n) is 6.03. The maximum Gasteiger partial charge on any atom is 0.154 e. The van der Waals surface area contributed by atoms with E-state index >= 15 is 0 Å². The lowest BCUT2D eigenvalue weighted by molar-refractivity contribution is 0.141. The zero-order valence-corrected chi connectivity index (χ0v) is 15.1. The summed E-state index contributed by atoms with van der Waals surface area (Å²) in [6, 6.07) is 4.04. The summed E-state index contributed by atoms with van der Waals surface area (Å²) >= 11 is 2.29. The number of hydrogen-bond donors (Lipinski definition) is 2. The normalized spacial score (nSPS) is 17.2. The maximum absolute atomic E-state index is 6.03. The van der Waals surface area contributed by atoms with Crippen LogP contribution in [0.2, 0.25) is 0 Å². The third kappa shape index (κ3) is 3.48. The Kier molecular flexibility index (Phi) is 5.07. The fourth-order valence-electron chi connectivity index (χ4n) is 3.10. The van der Waals surface area contributed by atoms with Gasteiger partial charge in [-0.25, -0.2) is 0 Å². The van der Waals surface area contributed by atoms with Gasteiger partial charge in [-0.3, -0.25) is 5.10 Å². The number of nitrogens with zero attached hydrogens (tertiary/aromatic N) is 2. The van der Waals surface area contributed by atoms with Gasteiger partial charge in [-0.2, -0.15) is 5.10 Å². The zero-order valence-electron chi connectivity index (χ0n) is 12.9. The number of aromatic amines is 1. The molecular weight excluding hydrogens is 391 g/mol. The van der Waals surface area contributed by atoms with Gasteiger partial charge < -0.3 is 15.4 Å². The minimum absolute atomic E-state index is 0.550. The van der Waals surface area contributed by atoms with E-state index in [1.807, 2.05) is 12.1 Å². The number of nitrogen functional groups attached to an aromatic ring is 1. The number of fused-ring (bicyclic) bond motifs is 1. The number of halogens is 1. The second-order valence-corrected chi connectivity index (χ2v) is 7.19. The number of anilines is 1. The van der Waals surface area contributed by atoms with Crippen LogP contribution in [0.4, 0.5) is 5.82 Å². The van der Waals surface area contributed by atoms with Crippen molar-refractivity contribution in [2.45, 2.75) is 26.2 Å². The highest BCUT2D eigenvalue weighted by atomic mass is 127. The van der Waals surface area contributed by atoms with Crippen LogP contribution >= 0.6 is 22.6 Å². The van der Waals surface area contributed by atoms with Crippen LogP contribution in [-0.4, -0.2) is 41.3 Å². The molecule has 0 unspecified atom stereocenters. The third-order valence-corrected chi connectivity index (χ3v) is 5.20. The van der Waals surface area contributed by atoms with E-state index in [4.69, 9.17) is 10.5 Å². The highest BCUT2D eigenvalue weighted by Crippen LogP contribution is 2.29. The molecule has 2 heterocycles. The van der Waals surface area contributed by atoms with Gasteiger partial charge in [0.05, 0.1) is 17.5 Å². The van der Waals surface area contributed by atoms with E-state index in [0.29, 0.717) is 11.7 Å². The van der Waals surface area contributed by atoms with Gasteiger partial charge in [0.1, 0.15) is 5.75 Å². The Balaban J connectivity index is 1.58. The molecule has 3 rings (SSSR count). The van der Waals surface area contributed by atoms with Crippen molar-refractivity contribution in [3.8, 4) is 5.75 Å². The van der Waals surface area contributed by atoms with Crippen LogP contribution in [0, 0.1) is 9.49 Å². The van der Waals surface area contributed by atoms with Crippen LogP contribution in [0.3, 0.4) is 0 Å². The van der Waals surface area contributed by atoms with Crippen LogP contribution < -0.4 is 10.5 Å². The van der Waals surface area contributed by atoms with Gasteiger partial charge in [0.2, 0.25) is 0 Å². The number of rotatable bonds is 5. The van der Waals surface area contributed by atoms with Gasteiger partial charge in [-0.05, 0) is 73.5 Å². The minimum Gasteiger partial charge on any atom is -0.493 e. The molecule has 1 saturated heterocycles. The van der Waals surface area contributed by atoms with Gasteiger partial charge in [-0.1, -0.05) is 6.92 Å². The fraction of sp³-hybridized carbons (Fsp3) is 0.562. The molecule has 0 spiro atoms. The van der Waals surface area contributed by atoms with Crippen molar-refractivity contribution in [2.75, 3.05) is 32.0 Å². The number of H-pyrrole nitrogens is 1. The van der Waals surface area contributed by atoms with E-state index < -0.39 is 0 Å². The van der Waals surface area contributed by atoms with E-state index in [2.05, 4.69) is 44.6 Å². The van der Waals surface area contributed by atoms with Crippen molar-refractivity contribution in [3.05, 3.63) is 15.7 Å². The molecule has 1 aliphatic rings. The Hall–Kier alpha value is -1.02. The van der Waals surface area contributed by atoms with Crippen LogP contribution in [-0.2, 0) is 0 Å². The first-order valence-electron chi connectivity index (χ1n) is 7.95. The van der Waals surface area contributed by atoms with Crippen molar-refractivity contribution >= 4 is 39.3 Å². The van der Waals surface area contributed by atoms with Crippen LogP contribution in [0.5, 0.6) is 5.75 Å². The van der Waals surface area contributed by atoms with Crippen LogP contribution in [0.1, 0.15) is 26.2 Å². The van der Waals surface area contributed by atoms with Gasteiger partial charge in [0.25, 0.3) is 0 Å². The lowest BCUT2D eigenvalue weighted by Crippen LogP contribution is -2.35. The lowest BCUT2D eigenvalue weighted by Gasteiger charge is -2.31. The van der Waals surface area contributed by atoms with Gasteiger partial charge in [0, 0.05) is 9.64 Å². The van der Waals surface area contributed by atoms with E-state index in [9.17, 15) is 0 Å². The molecule has 5 nitrogen and oxygen atoms in total. The lowest BCUT2D eigenvalue weighted by atomic mass is 9.98. The first-order valence-corrected chi connectivity index (χ1v) is 9.03. The van der Waals surface area contributed by atoms with Crippen molar-refractivity contribution in [1.29, 1.82) is 0 Å². The first kappa shape index (κ1) is 15.9. The highest BCUT2D eigenvalue weighted by Gasteiger charge is 2.19. The van der Waals surface area contributed by atoms with Gasteiger partial charge in [0.15, 0.2) is 5.82 Å². The predicted octanol–water partition coefficient (Wildman–Crippen LogP) is 3.25. The molecule has 3 N–H and O–H groups in total. The summed E-state index contributed by atoms with van der Waals surface area (Å²) in [6.07, 6.45) is 3.71. The number of nitrogens with two attached hydrogens (primary N) is 1. The zero-order chi connectivity index (χ0) is 15.5. The molecule has 1 fully saturated rings. The minimum atomic E-state index is 0.550. The molecule has 22 heavy (non-hydrogen) atoms. The Bertz CT molecular complexity index is 634. The Morgan fingerprint density at radius 2 is 2.18 bits per heavy atom. The number of nitrogens with one attached hydrogen (secondary N) is 1. The number of benzene rings is 1. The largest absolute Gasteiger partial charge is 0.493 e. The molecule has 0 atom stereocenters. The molecule has 1 aromatic carbocycles. The SMILES string of the molecule is CCCN1CCC(COc2cc(I)c3c(N)n[nH]c3c2)CC1. The summed E-state index contributed by atoms with van der Waals surface area (Å²) in [5, 5.41) is 8.01. The molecular formula is C16H23IN4O. The molecule has 1 aliphatic heterocycles. The molecule has 2 aromatic rings. The van der Waals surface area contributed by atoms with Gasteiger partial charge in [-0.15, -0.1) is 0 Å². The molecule has 1 aromatic heterocycles. The average molecular weight is 414 g/mol. The molecule has 0 saturated carbocycles. The van der Waals surface area contributed by atoms with Crippen molar-refractivity contribution in [2.24, 2.45) is 5.92 Å². The standard InChI is InChI=1S/C16H23IN4O/c1-2-5-21-6-3-11(4-7-21)10-22-12-8-13(17)15-14(9-12)19-20-16(15)18/h8-9,11H,2-7,10H2,1H3,(H3,18,19,20). The molecule has 120 valence electrons. The number of hydrogen-bond acceptors (Lipinski definition) is 4. The monoisotopic (exact) mass is 414 g/mol. The van der Waals surface area contributed by atoms with Crippen molar-refractivity contribution in [1.82, 2.24) is 15.1 Å². The van der Waals surface area contributed by atoms with Crippen LogP contribution in [0.25, 0.3) is 10.9 Å². The van der Waals surface area contributed by atoms with E-state index in [1.54, 1.807) is 0 Å². The number of ether oxygens (including phenoxy) is 1. The number of piperidine rings is 1. The maximum atomic E-state index is 6.03. The van der Waals surface area contributed by atoms with Crippen LogP contribution in [0.15, 0.2) is 12.1 Å². The highest BCUT2D eigenvalue weighted by molar-refractivity contribution is 14.1. The molecule has 6 heteroatoms. The average Bonchev–Trinajstić information content (AvgIpc) is 2.89. The summed E-state index contributed by atoms with van der Waals surface area (Å²) in [5.41, 5.74) is 6.80. The first-order chi connectivity index (χ1) is 10.7. The summed E-state index contributed by atoms with van der Waals surface area (Å²) in [6.45, 7) is 6.68. The van der Waals surface area contributed by atoms with E-state index in [1.165, 1.54) is 38.9 Å². The summed E-state index contributed by atoms with van der Waals surface area (Å²) < 4.78 is 7.10. The number of likely N-dealkylation sites (tertiary alicyclic amines) is 1.